The van der Waals surface area contributed by atoms with Gasteiger partial charge in [0, 0.05) is 19.5 Å². The molecule has 0 bridgehead atoms. The molecule has 21 heavy (non-hydrogen) atoms. The van der Waals surface area contributed by atoms with E-state index in [9.17, 15) is 19.7 Å². The number of carbonyl (C=O) groups excluding carboxylic acids is 1. The Morgan fingerprint density at radius 3 is 2.81 bits per heavy atom. The fraction of sp³-hybridized carbons (Fsp3) is 0.583. The van der Waals surface area contributed by atoms with Crippen molar-refractivity contribution in [2.24, 2.45) is 5.92 Å². The number of carbonyl (C=O) groups is 2. The molecule has 1 aromatic rings. The molecule has 9 nitrogen and oxygen atoms in total. The first-order valence-electron chi connectivity index (χ1n) is 6.60. The zero-order chi connectivity index (χ0) is 15.8. The first-order chi connectivity index (χ1) is 9.93. The van der Waals surface area contributed by atoms with Crippen LogP contribution in [0.25, 0.3) is 0 Å². The zero-order valence-electron chi connectivity index (χ0n) is 11.7. The summed E-state index contributed by atoms with van der Waals surface area (Å²) < 4.78 is 1.30. The van der Waals surface area contributed by atoms with Gasteiger partial charge in [-0.15, -0.1) is 0 Å². The third-order valence-electron chi connectivity index (χ3n) is 2.93. The predicted octanol–water partition coefficient (Wildman–Crippen LogP) is 0.798. The molecule has 9 heteroatoms. The summed E-state index contributed by atoms with van der Waals surface area (Å²) in [5.74, 6) is -1.83. The van der Waals surface area contributed by atoms with Crippen LogP contribution in [-0.2, 0) is 16.1 Å². The van der Waals surface area contributed by atoms with Crippen molar-refractivity contribution in [1.29, 1.82) is 0 Å². The number of carboxylic acid groups (broad SMARTS) is 1. The van der Waals surface area contributed by atoms with Crippen LogP contribution in [0.5, 0.6) is 0 Å². The van der Waals surface area contributed by atoms with Gasteiger partial charge in [0.05, 0.1) is 10.8 Å². The molecule has 1 unspecified atom stereocenters. The van der Waals surface area contributed by atoms with Crippen LogP contribution in [0, 0.1) is 16.0 Å². The van der Waals surface area contributed by atoms with Crippen LogP contribution in [0.2, 0.25) is 0 Å². The van der Waals surface area contributed by atoms with Crippen LogP contribution >= 0.6 is 0 Å². The summed E-state index contributed by atoms with van der Waals surface area (Å²) in [6.07, 6.45) is 3.66. The Bertz CT molecular complexity index is 514. The fourth-order valence-corrected chi connectivity index (χ4v) is 1.77. The lowest BCUT2D eigenvalue weighted by Gasteiger charge is -2.12. The molecule has 1 amide bonds. The summed E-state index contributed by atoms with van der Waals surface area (Å²) in [7, 11) is 0. The Hall–Kier alpha value is -2.45. The molecule has 1 atom stereocenters. The highest BCUT2D eigenvalue weighted by Gasteiger charge is 2.17. The molecule has 1 rings (SSSR count). The highest BCUT2D eigenvalue weighted by molar-refractivity contribution is 5.77. The van der Waals surface area contributed by atoms with Crippen molar-refractivity contribution in [3.05, 3.63) is 22.5 Å². The first-order valence-corrected chi connectivity index (χ1v) is 6.60. The summed E-state index contributed by atoms with van der Waals surface area (Å²) in [5.41, 5.74) is -0.135. The average Bonchev–Trinajstić information content (AvgIpc) is 2.89. The van der Waals surface area contributed by atoms with Crippen LogP contribution in [0.1, 0.15) is 26.2 Å². The number of hydrogen-bond donors (Lipinski definition) is 2. The number of aryl methyl sites for hydroxylation is 1. The van der Waals surface area contributed by atoms with Crippen molar-refractivity contribution in [3.63, 3.8) is 0 Å². The number of carboxylic acids is 1. The van der Waals surface area contributed by atoms with E-state index in [1.807, 2.05) is 6.92 Å². The van der Waals surface area contributed by atoms with E-state index in [4.69, 9.17) is 5.11 Å². The van der Waals surface area contributed by atoms with E-state index >= 15 is 0 Å². The number of aliphatic carboxylic acids is 1. The van der Waals surface area contributed by atoms with E-state index in [1.54, 1.807) is 0 Å². The van der Waals surface area contributed by atoms with Gasteiger partial charge in [0.15, 0.2) is 0 Å². The van der Waals surface area contributed by atoms with Crippen molar-refractivity contribution in [3.8, 4) is 0 Å². The Labute approximate surface area is 121 Å². The minimum atomic E-state index is -0.931. The van der Waals surface area contributed by atoms with E-state index in [1.165, 1.54) is 10.9 Å². The van der Waals surface area contributed by atoms with Crippen LogP contribution in [0.15, 0.2) is 12.4 Å². The van der Waals surface area contributed by atoms with Crippen LogP contribution in [0.4, 0.5) is 5.69 Å². The lowest BCUT2D eigenvalue weighted by molar-refractivity contribution is -0.385. The number of rotatable bonds is 9. The second-order valence-electron chi connectivity index (χ2n) is 4.60. The molecular formula is C12H18N4O5. The van der Waals surface area contributed by atoms with E-state index in [0.717, 1.165) is 12.6 Å². The quantitative estimate of drug-likeness (QED) is 0.512. The number of aromatic nitrogens is 2. The highest BCUT2D eigenvalue weighted by atomic mass is 16.6. The zero-order valence-corrected chi connectivity index (χ0v) is 11.7. The van der Waals surface area contributed by atoms with E-state index < -0.39 is 16.8 Å². The van der Waals surface area contributed by atoms with Gasteiger partial charge in [-0.1, -0.05) is 13.3 Å². The molecule has 1 heterocycles. The monoisotopic (exact) mass is 298 g/mol. The van der Waals surface area contributed by atoms with Gasteiger partial charge in [-0.2, -0.15) is 5.10 Å². The molecule has 1 aromatic heterocycles. The third kappa shape index (κ3) is 5.59. The molecule has 2 N–H and O–H groups in total. The first kappa shape index (κ1) is 16.6. The van der Waals surface area contributed by atoms with Crippen molar-refractivity contribution >= 4 is 17.6 Å². The topological polar surface area (TPSA) is 127 Å². The van der Waals surface area contributed by atoms with E-state index in [-0.39, 0.29) is 31.1 Å². The Morgan fingerprint density at radius 2 is 2.29 bits per heavy atom. The minimum Gasteiger partial charge on any atom is -0.481 e. The van der Waals surface area contributed by atoms with Gasteiger partial charge in [-0.25, -0.2) is 0 Å². The Morgan fingerprint density at radius 1 is 1.57 bits per heavy atom. The summed E-state index contributed by atoms with van der Waals surface area (Å²) in [6.45, 7) is 2.16. The molecular weight excluding hydrogens is 280 g/mol. The summed E-state index contributed by atoms with van der Waals surface area (Å²) >= 11 is 0. The third-order valence-corrected chi connectivity index (χ3v) is 2.93. The number of amides is 1. The lowest BCUT2D eigenvalue weighted by Crippen LogP contribution is -2.33. The second kappa shape index (κ2) is 7.98. The van der Waals surface area contributed by atoms with Crippen LogP contribution in [0.3, 0.4) is 0 Å². The molecule has 0 aliphatic carbocycles. The van der Waals surface area contributed by atoms with Gasteiger partial charge in [0.25, 0.3) is 0 Å². The van der Waals surface area contributed by atoms with E-state index in [0.29, 0.717) is 6.42 Å². The van der Waals surface area contributed by atoms with E-state index in [2.05, 4.69) is 10.4 Å². The number of nitrogens with zero attached hydrogens (tertiary/aromatic N) is 3. The molecule has 0 aliphatic heterocycles. The van der Waals surface area contributed by atoms with Crippen LogP contribution in [-0.4, -0.2) is 38.2 Å². The fourth-order valence-electron chi connectivity index (χ4n) is 1.77. The standard InChI is InChI=1S/C12H18N4O5/c1-2-3-9(12(18)19)6-13-11(17)4-5-15-8-10(7-14-15)16(20)21/h7-9H,2-6H2,1H3,(H,13,17)(H,18,19). The summed E-state index contributed by atoms with van der Waals surface area (Å²) in [6, 6.07) is 0. The van der Waals surface area contributed by atoms with Gasteiger partial charge in [-0.3, -0.25) is 24.4 Å². The minimum absolute atomic E-state index is 0.0807. The van der Waals surface area contributed by atoms with Gasteiger partial charge < -0.3 is 10.4 Å². The molecule has 0 saturated carbocycles. The molecule has 0 saturated heterocycles. The molecule has 0 aromatic carbocycles. The molecule has 116 valence electrons. The van der Waals surface area contributed by atoms with Crippen molar-refractivity contribution in [2.45, 2.75) is 32.7 Å². The van der Waals surface area contributed by atoms with Gasteiger partial charge in [0.1, 0.15) is 12.4 Å². The Kier molecular flexibility index (Phi) is 6.31. The van der Waals surface area contributed by atoms with Crippen molar-refractivity contribution in [2.75, 3.05) is 6.54 Å². The smallest absolute Gasteiger partial charge is 0.308 e. The highest BCUT2D eigenvalue weighted by Crippen LogP contribution is 2.08. The van der Waals surface area contributed by atoms with Gasteiger partial charge >= 0.3 is 11.7 Å². The largest absolute Gasteiger partial charge is 0.481 e. The molecule has 0 radical (unpaired) electrons. The maximum atomic E-state index is 11.6. The maximum Gasteiger partial charge on any atom is 0.308 e. The normalized spacial score (nSPS) is 11.9. The predicted molar refractivity (Wildman–Crippen MR) is 72.5 cm³/mol. The van der Waals surface area contributed by atoms with Crippen molar-refractivity contribution < 1.29 is 19.6 Å². The summed E-state index contributed by atoms with van der Waals surface area (Å²) in [5, 5.41) is 25.7. The molecule has 0 spiro atoms. The second-order valence-corrected chi connectivity index (χ2v) is 4.60. The maximum absolute atomic E-state index is 11.6. The molecule has 0 aliphatic rings. The number of hydrogen-bond acceptors (Lipinski definition) is 5. The number of nitrogens with one attached hydrogen (secondary N) is 1. The number of nitro groups is 1. The SMILES string of the molecule is CCCC(CNC(=O)CCn1cc([N+](=O)[O-])cn1)C(=O)O. The van der Waals surface area contributed by atoms with Gasteiger partial charge in [0.2, 0.25) is 5.91 Å². The molecule has 0 fully saturated rings. The van der Waals surface area contributed by atoms with Crippen LogP contribution < -0.4 is 5.32 Å². The lowest BCUT2D eigenvalue weighted by atomic mass is 10.0. The van der Waals surface area contributed by atoms with Crippen molar-refractivity contribution in [1.82, 2.24) is 15.1 Å². The Balaban J connectivity index is 2.36. The average molecular weight is 298 g/mol. The van der Waals surface area contributed by atoms with Gasteiger partial charge in [-0.05, 0) is 6.42 Å². The summed E-state index contributed by atoms with van der Waals surface area (Å²) in [4.78, 5) is 32.4.